The third kappa shape index (κ3) is 3.56. The average molecular weight is 473 g/mol. The summed E-state index contributed by atoms with van der Waals surface area (Å²) in [5.41, 5.74) is 3.22. The van der Waals surface area contributed by atoms with Crippen molar-refractivity contribution in [2.45, 2.75) is 50.9 Å². The zero-order valence-electron chi connectivity index (χ0n) is 19.5. The second kappa shape index (κ2) is 7.89. The number of fused-ring (bicyclic) bond motifs is 4. The van der Waals surface area contributed by atoms with E-state index in [2.05, 4.69) is 5.10 Å². The van der Waals surface area contributed by atoms with Crippen LogP contribution in [0.2, 0.25) is 0 Å². The largest absolute Gasteiger partial charge is 0.497 e. The zero-order chi connectivity index (χ0) is 24.4. The zero-order valence-corrected chi connectivity index (χ0v) is 19.5. The Morgan fingerprint density at radius 3 is 2.53 bits per heavy atom. The van der Waals surface area contributed by atoms with E-state index in [1.165, 1.54) is 11.7 Å². The highest BCUT2D eigenvalue weighted by molar-refractivity contribution is 5.95. The van der Waals surface area contributed by atoms with Crippen molar-refractivity contribution in [1.82, 2.24) is 24.5 Å². The molecule has 1 aromatic carbocycles. The van der Waals surface area contributed by atoms with Gasteiger partial charge in [0.2, 0.25) is 0 Å². The van der Waals surface area contributed by atoms with E-state index in [-0.39, 0.29) is 18.0 Å². The van der Waals surface area contributed by atoms with Gasteiger partial charge in [-0.05, 0) is 62.4 Å². The van der Waals surface area contributed by atoms with Crippen LogP contribution in [0.15, 0.2) is 24.3 Å². The maximum Gasteiger partial charge on any atom is 0.435 e. The van der Waals surface area contributed by atoms with Gasteiger partial charge in [-0.2, -0.15) is 23.4 Å². The molecule has 4 heterocycles. The predicted octanol–water partition coefficient (Wildman–Crippen LogP) is 4.45. The van der Waals surface area contributed by atoms with E-state index in [4.69, 9.17) is 9.84 Å². The van der Waals surface area contributed by atoms with Gasteiger partial charge in [0.15, 0.2) is 5.69 Å². The molecule has 2 aliphatic rings. The van der Waals surface area contributed by atoms with E-state index >= 15 is 0 Å². The van der Waals surface area contributed by atoms with Crippen LogP contribution in [-0.4, -0.2) is 43.5 Å². The van der Waals surface area contributed by atoms with Gasteiger partial charge in [-0.1, -0.05) is 0 Å². The molecule has 2 aromatic heterocycles. The molecule has 0 unspecified atom stereocenters. The molecule has 34 heavy (non-hydrogen) atoms. The molecule has 0 spiro atoms. The van der Waals surface area contributed by atoms with Crippen molar-refractivity contribution < 1.29 is 22.7 Å². The summed E-state index contributed by atoms with van der Waals surface area (Å²) in [7, 11) is 4.81. The standard InChI is InChI=1S/C24H26F3N5O2/c1-13-8-14(10-16(9-13)34-4)23(33)32-15-6-5-7-18(32)21-17(11-15)22(31(3)29-21)19-12-20(24(25,26)27)28-30(19)2/h8-10,12,15,18H,5-7,11H2,1-4H3/t15-,18+/m0/s1. The van der Waals surface area contributed by atoms with Gasteiger partial charge >= 0.3 is 6.18 Å². The molecule has 2 aliphatic heterocycles. The first-order chi connectivity index (χ1) is 16.1. The molecule has 2 atom stereocenters. The number of alkyl halides is 3. The summed E-state index contributed by atoms with van der Waals surface area (Å²) >= 11 is 0. The van der Waals surface area contributed by atoms with Gasteiger partial charge in [-0.3, -0.25) is 14.2 Å². The molecule has 0 saturated carbocycles. The van der Waals surface area contributed by atoms with E-state index in [1.807, 2.05) is 24.0 Å². The quantitative estimate of drug-likeness (QED) is 0.564. The Labute approximate surface area is 195 Å². The highest BCUT2D eigenvalue weighted by Gasteiger charge is 2.44. The number of nitrogens with zero attached hydrogens (tertiary/aromatic N) is 5. The molecule has 0 aliphatic carbocycles. The van der Waals surface area contributed by atoms with Crippen molar-refractivity contribution >= 4 is 5.91 Å². The lowest BCUT2D eigenvalue weighted by Crippen LogP contribution is -2.49. The van der Waals surface area contributed by atoms with E-state index in [0.717, 1.165) is 42.1 Å². The van der Waals surface area contributed by atoms with Crippen LogP contribution in [0.3, 0.4) is 0 Å². The summed E-state index contributed by atoms with van der Waals surface area (Å²) < 4.78 is 48.1. The first-order valence-electron chi connectivity index (χ1n) is 11.2. The number of piperidine rings is 1. The van der Waals surface area contributed by atoms with Crippen LogP contribution in [0, 0.1) is 6.92 Å². The summed E-state index contributed by atoms with van der Waals surface area (Å²) in [6.07, 6.45) is -1.43. The highest BCUT2D eigenvalue weighted by Crippen LogP contribution is 2.45. The van der Waals surface area contributed by atoms with Crippen LogP contribution in [0.1, 0.15) is 58.2 Å². The van der Waals surface area contributed by atoms with Gasteiger partial charge in [0.25, 0.3) is 5.91 Å². The summed E-state index contributed by atoms with van der Waals surface area (Å²) in [5, 5.41) is 8.40. The Morgan fingerprint density at radius 2 is 1.85 bits per heavy atom. The molecule has 10 heteroatoms. The Hall–Kier alpha value is -3.30. The number of ether oxygens (including phenoxy) is 1. The summed E-state index contributed by atoms with van der Waals surface area (Å²) in [6, 6.07) is 6.27. The van der Waals surface area contributed by atoms with Crippen molar-refractivity contribution in [1.29, 1.82) is 0 Å². The number of hydrogen-bond acceptors (Lipinski definition) is 4. The number of methoxy groups -OCH3 is 1. The monoisotopic (exact) mass is 473 g/mol. The molecule has 3 aromatic rings. The molecule has 1 saturated heterocycles. The van der Waals surface area contributed by atoms with Gasteiger partial charge < -0.3 is 9.64 Å². The minimum atomic E-state index is -4.52. The number of amides is 1. The fourth-order valence-corrected chi connectivity index (χ4v) is 5.44. The van der Waals surface area contributed by atoms with Crippen LogP contribution >= 0.6 is 0 Å². The summed E-state index contributed by atoms with van der Waals surface area (Å²) in [6.45, 7) is 1.92. The molecule has 5 rings (SSSR count). The number of aromatic nitrogens is 4. The van der Waals surface area contributed by atoms with Crippen molar-refractivity contribution in [3.63, 3.8) is 0 Å². The average Bonchev–Trinajstić information content (AvgIpc) is 3.31. The maximum atomic E-state index is 13.7. The summed E-state index contributed by atoms with van der Waals surface area (Å²) in [4.78, 5) is 15.6. The first kappa shape index (κ1) is 22.5. The van der Waals surface area contributed by atoms with Gasteiger partial charge in [-0.15, -0.1) is 0 Å². The Kier molecular flexibility index (Phi) is 5.22. The van der Waals surface area contributed by atoms with Gasteiger partial charge in [-0.25, -0.2) is 0 Å². The second-order valence-electron chi connectivity index (χ2n) is 9.13. The molecular formula is C24H26F3N5O2. The first-order valence-corrected chi connectivity index (χ1v) is 11.2. The Balaban J connectivity index is 1.57. The number of carbonyl (C=O) groups is 1. The molecule has 180 valence electrons. The van der Waals surface area contributed by atoms with Crippen LogP contribution in [0.4, 0.5) is 13.2 Å². The van der Waals surface area contributed by atoms with Gasteiger partial charge in [0.1, 0.15) is 5.75 Å². The van der Waals surface area contributed by atoms with Crippen molar-refractivity contribution in [2.75, 3.05) is 7.11 Å². The minimum Gasteiger partial charge on any atom is -0.497 e. The summed E-state index contributed by atoms with van der Waals surface area (Å²) in [5.74, 6) is 0.553. The normalized spacial score (nSPS) is 19.8. The number of benzene rings is 1. The fourth-order valence-electron chi connectivity index (χ4n) is 5.44. The molecule has 1 fully saturated rings. The number of carbonyl (C=O) groups excluding carboxylic acids is 1. The molecule has 2 bridgehead atoms. The van der Waals surface area contributed by atoms with E-state index < -0.39 is 11.9 Å². The number of halogens is 3. The lowest BCUT2D eigenvalue weighted by molar-refractivity contribution is -0.141. The van der Waals surface area contributed by atoms with Gasteiger partial charge in [0.05, 0.1) is 30.2 Å². The van der Waals surface area contributed by atoms with Crippen molar-refractivity contribution in [3.05, 3.63) is 52.3 Å². The lowest BCUT2D eigenvalue weighted by atomic mass is 9.81. The van der Waals surface area contributed by atoms with E-state index in [0.29, 0.717) is 29.1 Å². The van der Waals surface area contributed by atoms with Crippen molar-refractivity contribution in [2.24, 2.45) is 14.1 Å². The minimum absolute atomic E-state index is 0.0523. The van der Waals surface area contributed by atoms with Crippen LogP contribution in [0.25, 0.3) is 11.4 Å². The number of hydrogen-bond donors (Lipinski definition) is 0. The second-order valence-corrected chi connectivity index (χ2v) is 9.13. The SMILES string of the molecule is COc1cc(C)cc(C(=O)N2[C@H]3CCC[C@@H]2c2nn(C)c(-c4cc(C(F)(F)F)nn4C)c2C3)c1. The van der Waals surface area contributed by atoms with E-state index in [9.17, 15) is 18.0 Å². The maximum absolute atomic E-state index is 13.7. The smallest absolute Gasteiger partial charge is 0.435 e. The molecular weight excluding hydrogens is 447 g/mol. The molecule has 0 N–H and O–H groups in total. The molecule has 7 nitrogen and oxygen atoms in total. The number of aryl methyl sites for hydroxylation is 3. The topological polar surface area (TPSA) is 65.2 Å². The van der Waals surface area contributed by atoms with Crippen LogP contribution < -0.4 is 4.74 Å². The molecule has 1 amide bonds. The Bertz CT molecular complexity index is 1280. The predicted molar refractivity (Wildman–Crippen MR) is 118 cm³/mol. The third-order valence-corrected chi connectivity index (χ3v) is 6.86. The van der Waals surface area contributed by atoms with Gasteiger partial charge in [0, 0.05) is 31.3 Å². The fraction of sp³-hybridized carbons (Fsp3) is 0.458. The van der Waals surface area contributed by atoms with Crippen LogP contribution in [0.5, 0.6) is 5.75 Å². The van der Waals surface area contributed by atoms with Crippen molar-refractivity contribution in [3.8, 4) is 17.1 Å². The highest BCUT2D eigenvalue weighted by atomic mass is 19.4. The number of rotatable bonds is 3. The Morgan fingerprint density at radius 1 is 1.09 bits per heavy atom. The third-order valence-electron chi connectivity index (χ3n) is 6.86. The van der Waals surface area contributed by atoms with Crippen LogP contribution in [-0.2, 0) is 26.7 Å². The molecule has 0 radical (unpaired) electrons. The van der Waals surface area contributed by atoms with E-state index in [1.54, 1.807) is 24.9 Å². The lowest BCUT2D eigenvalue weighted by Gasteiger charge is -2.45.